The molecule has 3 heteroatoms. The first-order chi connectivity index (χ1) is 6.29. The highest BCUT2D eigenvalue weighted by atomic mass is 127. The summed E-state index contributed by atoms with van der Waals surface area (Å²) in [6.07, 6.45) is 1.93. The second kappa shape index (κ2) is 3.84. The van der Waals surface area contributed by atoms with Crippen LogP contribution in [0, 0.1) is 3.57 Å². The van der Waals surface area contributed by atoms with Crippen LogP contribution in [-0.4, -0.2) is 13.4 Å². The van der Waals surface area contributed by atoms with Crippen molar-refractivity contribution in [2.45, 2.75) is 19.1 Å². The fourth-order valence-corrected chi connectivity index (χ4v) is 2.05. The average Bonchev–Trinajstić information content (AvgIpc) is 2.17. The van der Waals surface area contributed by atoms with Gasteiger partial charge in [0.25, 0.3) is 0 Å². The number of hydrogen-bond donors (Lipinski definition) is 0. The zero-order valence-corrected chi connectivity index (χ0v) is 9.58. The van der Waals surface area contributed by atoms with Crippen molar-refractivity contribution in [3.05, 3.63) is 27.3 Å². The van der Waals surface area contributed by atoms with Gasteiger partial charge in [0.1, 0.15) is 5.75 Å². The molecule has 1 aliphatic heterocycles. The maximum Gasteiger partial charge on any atom is 0.199 e. The van der Waals surface area contributed by atoms with Crippen LogP contribution >= 0.6 is 22.6 Å². The molecule has 1 aromatic rings. The van der Waals surface area contributed by atoms with E-state index >= 15 is 0 Å². The molecule has 0 spiro atoms. The summed E-state index contributed by atoms with van der Waals surface area (Å²) in [4.78, 5) is 0. The molecule has 0 amide bonds. The Bertz CT molecular complexity index is 312. The molecule has 0 unspecified atom stereocenters. The van der Waals surface area contributed by atoms with Crippen LogP contribution in [0.5, 0.6) is 5.75 Å². The highest BCUT2D eigenvalue weighted by Gasteiger charge is 2.18. The Morgan fingerprint density at radius 2 is 2.38 bits per heavy atom. The summed E-state index contributed by atoms with van der Waals surface area (Å²) >= 11 is 2.31. The lowest BCUT2D eigenvalue weighted by Crippen LogP contribution is -2.24. The van der Waals surface area contributed by atoms with E-state index in [2.05, 4.69) is 34.7 Å². The quantitative estimate of drug-likeness (QED) is 0.740. The van der Waals surface area contributed by atoms with Crippen LogP contribution in [0.2, 0.25) is 0 Å². The lowest BCUT2D eigenvalue weighted by Gasteiger charge is -2.24. The Labute approximate surface area is 91.4 Å². The van der Waals surface area contributed by atoms with Gasteiger partial charge in [-0.2, -0.15) is 0 Å². The van der Waals surface area contributed by atoms with Gasteiger partial charge < -0.3 is 9.47 Å². The van der Waals surface area contributed by atoms with Crippen LogP contribution in [-0.2, 0) is 11.2 Å². The Hall–Kier alpha value is -0.290. The van der Waals surface area contributed by atoms with Crippen molar-refractivity contribution in [3.8, 4) is 5.75 Å². The number of methoxy groups -OCH3 is 1. The van der Waals surface area contributed by atoms with Gasteiger partial charge in [0, 0.05) is 17.1 Å². The molecule has 0 fully saturated rings. The van der Waals surface area contributed by atoms with Crippen LogP contribution in [0.4, 0.5) is 0 Å². The molecule has 1 heterocycles. The minimum Gasteiger partial charge on any atom is -0.465 e. The van der Waals surface area contributed by atoms with Crippen molar-refractivity contribution in [3.63, 3.8) is 0 Å². The summed E-state index contributed by atoms with van der Waals surface area (Å²) in [5, 5.41) is 0. The molecule has 70 valence electrons. The van der Waals surface area contributed by atoms with E-state index in [1.165, 1.54) is 9.13 Å². The first-order valence-corrected chi connectivity index (χ1v) is 5.35. The van der Waals surface area contributed by atoms with Gasteiger partial charge in [-0.25, -0.2) is 0 Å². The van der Waals surface area contributed by atoms with E-state index in [9.17, 15) is 0 Å². The van der Waals surface area contributed by atoms with Gasteiger partial charge in [-0.05, 0) is 52.8 Å². The molecule has 0 saturated heterocycles. The number of rotatable bonds is 1. The van der Waals surface area contributed by atoms with Gasteiger partial charge >= 0.3 is 0 Å². The predicted octanol–water partition coefficient (Wildman–Crippen LogP) is 2.59. The third-order valence-electron chi connectivity index (χ3n) is 2.19. The van der Waals surface area contributed by atoms with E-state index in [1.807, 2.05) is 6.07 Å². The molecule has 0 radical (unpaired) electrons. The molecule has 1 aromatic carbocycles. The van der Waals surface area contributed by atoms with Crippen molar-refractivity contribution in [1.29, 1.82) is 0 Å². The summed E-state index contributed by atoms with van der Waals surface area (Å²) in [5.41, 5.74) is 1.29. The Morgan fingerprint density at radius 3 is 3.15 bits per heavy atom. The van der Waals surface area contributed by atoms with Crippen LogP contribution in [0.15, 0.2) is 18.2 Å². The number of fused-ring (bicyclic) bond motifs is 1. The third-order valence-corrected chi connectivity index (χ3v) is 2.86. The smallest absolute Gasteiger partial charge is 0.199 e. The molecule has 0 N–H and O–H groups in total. The summed E-state index contributed by atoms with van der Waals surface area (Å²) in [7, 11) is 1.68. The second-order valence-electron chi connectivity index (χ2n) is 3.07. The normalized spacial score (nSPS) is 20.6. The fourth-order valence-electron chi connectivity index (χ4n) is 1.50. The van der Waals surface area contributed by atoms with Crippen LogP contribution in [0.3, 0.4) is 0 Å². The second-order valence-corrected chi connectivity index (χ2v) is 4.32. The first-order valence-electron chi connectivity index (χ1n) is 4.27. The van der Waals surface area contributed by atoms with Gasteiger partial charge in [-0.1, -0.05) is 0 Å². The summed E-state index contributed by atoms with van der Waals surface area (Å²) in [5.74, 6) is 0.971. The van der Waals surface area contributed by atoms with Crippen molar-refractivity contribution in [2.75, 3.05) is 7.11 Å². The molecule has 0 aliphatic carbocycles. The molecule has 13 heavy (non-hydrogen) atoms. The molecular weight excluding hydrogens is 279 g/mol. The number of ether oxygens (including phenoxy) is 2. The standard InChI is InChI=1S/C10H11IO2/c1-12-10-5-2-7-6-8(11)3-4-9(7)13-10/h3-4,6,10H,2,5H2,1H3/t10-/m1/s1. The number of halogens is 1. The monoisotopic (exact) mass is 290 g/mol. The highest BCUT2D eigenvalue weighted by Crippen LogP contribution is 2.28. The molecule has 2 rings (SSSR count). The Morgan fingerprint density at radius 1 is 1.54 bits per heavy atom. The Balaban J connectivity index is 2.26. The van der Waals surface area contributed by atoms with Crippen molar-refractivity contribution in [1.82, 2.24) is 0 Å². The van der Waals surface area contributed by atoms with Crippen molar-refractivity contribution >= 4 is 22.6 Å². The fraction of sp³-hybridized carbons (Fsp3) is 0.400. The molecular formula is C10H11IO2. The van der Waals surface area contributed by atoms with Gasteiger partial charge in [-0.3, -0.25) is 0 Å². The molecule has 1 atom stereocenters. The molecule has 2 nitrogen and oxygen atoms in total. The van der Waals surface area contributed by atoms with Crippen molar-refractivity contribution in [2.24, 2.45) is 0 Å². The largest absolute Gasteiger partial charge is 0.465 e. The summed E-state index contributed by atoms with van der Waals surface area (Å²) in [6, 6.07) is 6.24. The predicted molar refractivity (Wildman–Crippen MR) is 58.9 cm³/mol. The van der Waals surface area contributed by atoms with Gasteiger partial charge in [-0.15, -0.1) is 0 Å². The maximum atomic E-state index is 5.61. The molecule has 1 aliphatic rings. The molecule has 0 saturated carbocycles. The minimum absolute atomic E-state index is 0.0624. The lowest BCUT2D eigenvalue weighted by molar-refractivity contribution is -0.0653. The molecule has 0 bridgehead atoms. The van der Waals surface area contributed by atoms with E-state index in [4.69, 9.17) is 9.47 Å². The Kier molecular flexibility index (Phi) is 2.74. The zero-order chi connectivity index (χ0) is 9.26. The van der Waals surface area contributed by atoms with Gasteiger partial charge in [0.2, 0.25) is 0 Å². The van der Waals surface area contributed by atoms with E-state index in [0.29, 0.717) is 0 Å². The van der Waals surface area contributed by atoms with Crippen LogP contribution < -0.4 is 4.74 Å². The third kappa shape index (κ3) is 1.96. The zero-order valence-electron chi connectivity index (χ0n) is 7.42. The topological polar surface area (TPSA) is 18.5 Å². The number of hydrogen-bond acceptors (Lipinski definition) is 2. The van der Waals surface area contributed by atoms with Crippen molar-refractivity contribution < 1.29 is 9.47 Å². The minimum atomic E-state index is -0.0624. The lowest BCUT2D eigenvalue weighted by atomic mass is 10.1. The van der Waals surface area contributed by atoms with E-state index in [1.54, 1.807) is 7.11 Å². The van der Waals surface area contributed by atoms with Gasteiger partial charge in [0.05, 0.1) is 0 Å². The summed E-state index contributed by atoms with van der Waals surface area (Å²) < 4.78 is 12.0. The maximum absolute atomic E-state index is 5.61. The average molecular weight is 290 g/mol. The number of aryl methyl sites for hydroxylation is 1. The SMILES string of the molecule is CO[C@H]1CCc2cc(I)ccc2O1. The van der Waals surface area contributed by atoms with Crippen LogP contribution in [0.25, 0.3) is 0 Å². The summed E-state index contributed by atoms with van der Waals surface area (Å²) in [6.45, 7) is 0. The van der Waals surface area contributed by atoms with Gasteiger partial charge in [0.15, 0.2) is 6.29 Å². The van der Waals surface area contributed by atoms with Crippen LogP contribution in [0.1, 0.15) is 12.0 Å². The number of benzene rings is 1. The molecule has 0 aromatic heterocycles. The van der Waals surface area contributed by atoms with E-state index in [0.717, 1.165) is 18.6 Å². The van der Waals surface area contributed by atoms with E-state index < -0.39 is 0 Å². The first kappa shape index (κ1) is 9.27. The van der Waals surface area contributed by atoms with E-state index in [-0.39, 0.29) is 6.29 Å². The highest BCUT2D eigenvalue weighted by molar-refractivity contribution is 14.1.